The van der Waals surface area contributed by atoms with E-state index >= 15 is 0 Å². The topological polar surface area (TPSA) is 78.1 Å². The largest absolute Gasteiger partial charge is 0.465 e. The van der Waals surface area contributed by atoms with Crippen molar-refractivity contribution in [3.63, 3.8) is 0 Å². The normalized spacial score (nSPS) is 10.5. The van der Waals surface area contributed by atoms with Crippen LogP contribution in [0.15, 0.2) is 51.6 Å². The average Bonchev–Trinajstić information content (AvgIpc) is 3.05. The molecule has 2 heterocycles. The van der Waals surface area contributed by atoms with Crippen LogP contribution in [0.5, 0.6) is 0 Å². The second-order valence-electron chi connectivity index (χ2n) is 4.35. The van der Waals surface area contributed by atoms with Crippen molar-refractivity contribution in [2.24, 2.45) is 0 Å². The molecule has 0 aliphatic rings. The number of carbonyl (C=O) groups excluding carboxylic acids is 1. The van der Waals surface area contributed by atoms with Gasteiger partial charge in [-0.3, -0.25) is 0 Å². The van der Waals surface area contributed by atoms with Gasteiger partial charge in [-0.1, -0.05) is 6.07 Å². The Hall–Kier alpha value is -2.54. The molecule has 2 aromatic heterocycles. The molecule has 22 heavy (non-hydrogen) atoms. The van der Waals surface area contributed by atoms with Crippen LogP contribution in [-0.4, -0.2) is 28.3 Å². The second-order valence-corrected chi connectivity index (χ2v) is 5.17. The van der Waals surface area contributed by atoms with Crippen molar-refractivity contribution < 1.29 is 13.9 Å². The van der Waals surface area contributed by atoms with E-state index in [1.807, 2.05) is 6.07 Å². The number of halogens is 1. The lowest BCUT2D eigenvalue weighted by molar-refractivity contribution is 0.0601. The van der Waals surface area contributed by atoms with Gasteiger partial charge in [0.05, 0.1) is 18.2 Å². The zero-order valence-electron chi connectivity index (χ0n) is 11.5. The molecule has 0 saturated heterocycles. The summed E-state index contributed by atoms with van der Waals surface area (Å²) in [6.07, 6.45) is 1.63. The Morgan fingerprint density at radius 1 is 1.14 bits per heavy atom. The summed E-state index contributed by atoms with van der Waals surface area (Å²) < 4.78 is 11.1. The molecule has 1 aromatic carbocycles. The van der Waals surface area contributed by atoms with Crippen molar-refractivity contribution in [3.05, 3.63) is 52.8 Å². The molecule has 0 aliphatic carbocycles. The maximum atomic E-state index is 11.6. The lowest BCUT2D eigenvalue weighted by atomic mass is 10.1. The van der Waals surface area contributed by atoms with E-state index in [-0.39, 0.29) is 0 Å². The minimum atomic E-state index is -0.418. The van der Waals surface area contributed by atoms with Crippen molar-refractivity contribution in [1.29, 1.82) is 0 Å². The molecule has 3 rings (SSSR count). The minimum absolute atomic E-state index is 0.323. The highest BCUT2D eigenvalue weighted by atomic mass is 79.9. The first kappa shape index (κ1) is 14.4. The van der Waals surface area contributed by atoms with Crippen LogP contribution in [0.25, 0.3) is 22.9 Å². The van der Waals surface area contributed by atoms with Crippen LogP contribution in [-0.2, 0) is 4.74 Å². The molecular weight excluding hydrogens is 350 g/mol. The summed E-state index contributed by atoms with van der Waals surface area (Å²) in [5.74, 6) is 0.265. The highest BCUT2D eigenvalue weighted by Crippen LogP contribution is 2.24. The minimum Gasteiger partial charge on any atom is -0.465 e. The quantitative estimate of drug-likeness (QED) is 0.527. The van der Waals surface area contributed by atoms with Crippen molar-refractivity contribution in [2.45, 2.75) is 0 Å². The molecule has 3 aromatic rings. The number of rotatable bonds is 3. The predicted octanol–water partition coefficient (Wildman–Crippen LogP) is 3.35. The van der Waals surface area contributed by atoms with Crippen molar-refractivity contribution in [1.82, 2.24) is 15.2 Å². The van der Waals surface area contributed by atoms with Gasteiger partial charge in [0.1, 0.15) is 4.60 Å². The lowest BCUT2D eigenvalue weighted by Crippen LogP contribution is -2.00. The first-order valence-corrected chi connectivity index (χ1v) is 7.11. The summed E-state index contributed by atoms with van der Waals surface area (Å²) in [5.41, 5.74) is 1.78. The van der Waals surface area contributed by atoms with Gasteiger partial charge in [-0.15, -0.1) is 10.2 Å². The van der Waals surface area contributed by atoms with Crippen LogP contribution in [0.3, 0.4) is 0 Å². The molecule has 0 fully saturated rings. The molecule has 6 nitrogen and oxygen atoms in total. The van der Waals surface area contributed by atoms with Gasteiger partial charge in [0.25, 0.3) is 0 Å². The number of hydrogen-bond acceptors (Lipinski definition) is 6. The van der Waals surface area contributed by atoms with E-state index < -0.39 is 5.97 Å². The molecule has 0 aliphatic heterocycles. The Kier molecular flexibility index (Phi) is 3.97. The molecule has 0 amide bonds. The molecule has 0 atom stereocenters. The van der Waals surface area contributed by atoms with Gasteiger partial charge in [0.15, 0.2) is 0 Å². The molecule has 110 valence electrons. The average molecular weight is 360 g/mol. The Labute approximate surface area is 134 Å². The molecule has 0 N–H and O–H groups in total. The maximum Gasteiger partial charge on any atom is 0.337 e. The van der Waals surface area contributed by atoms with Crippen LogP contribution in [0.2, 0.25) is 0 Å². The van der Waals surface area contributed by atoms with Crippen LogP contribution in [0.1, 0.15) is 10.4 Å². The smallest absolute Gasteiger partial charge is 0.337 e. The van der Waals surface area contributed by atoms with E-state index in [9.17, 15) is 4.79 Å². The summed E-state index contributed by atoms with van der Waals surface area (Å²) in [7, 11) is 1.33. The molecule has 0 radical (unpaired) electrons. The zero-order valence-corrected chi connectivity index (χ0v) is 13.1. The Morgan fingerprint density at radius 2 is 1.91 bits per heavy atom. The van der Waals surface area contributed by atoms with E-state index in [0.717, 1.165) is 4.60 Å². The summed E-state index contributed by atoms with van der Waals surface area (Å²) >= 11 is 3.27. The number of aromatic nitrogens is 3. The number of pyridine rings is 1. The summed E-state index contributed by atoms with van der Waals surface area (Å²) in [5, 5.41) is 8.00. The van der Waals surface area contributed by atoms with Crippen LogP contribution >= 0.6 is 15.9 Å². The van der Waals surface area contributed by atoms with Crippen LogP contribution < -0.4 is 0 Å². The number of nitrogens with zero attached hydrogens (tertiary/aromatic N) is 3. The third-order valence-electron chi connectivity index (χ3n) is 2.93. The predicted molar refractivity (Wildman–Crippen MR) is 82.0 cm³/mol. The van der Waals surface area contributed by atoms with Gasteiger partial charge in [0, 0.05) is 11.8 Å². The van der Waals surface area contributed by atoms with Crippen molar-refractivity contribution in [2.75, 3.05) is 7.11 Å². The molecule has 0 spiro atoms. The second kappa shape index (κ2) is 6.07. The van der Waals surface area contributed by atoms with E-state index in [4.69, 9.17) is 9.15 Å². The number of ether oxygens (including phenoxy) is 1. The molecule has 0 unspecified atom stereocenters. The fourth-order valence-electron chi connectivity index (χ4n) is 1.86. The van der Waals surface area contributed by atoms with Gasteiger partial charge in [0.2, 0.25) is 11.8 Å². The first-order valence-electron chi connectivity index (χ1n) is 6.31. The number of hydrogen-bond donors (Lipinski definition) is 0. The Bertz CT molecular complexity index is 815. The third-order valence-corrected chi connectivity index (χ3v) is 3.40. The fraction of sp³-hybridized carbons (Fsp3) is 0.0667. The summed E-state index contributed by atoms with van der Waals surface area (Å²) in [6.45, 7) is 0. The molecule has 0 saturated carbocycles. The summed E-state index contributed by atoms with van der Waals surface area (Å²) in [4.78, 5) is 15.7. The summed E-state index contributed by atoms with van der Waals surface area (Å²) in [6, 6.07) is 10.4. The molecular formula is C15H10BrN3O3. The highest BCUT2D eigenvalue weighted by Gasteiger charge is 2.13. The maximum absolute atomic E-state index is 11.6. The number of benzene rings is 1. The van der Waals surface area contributed by atoms with E-state index in [0.29, 0.717) is 28.5 Å². The van der Waals surface area contributed by atoms with Crippen molar-refractivity contribution >= 4 is 21.9 Å². The van der Waals surface area contributed by atoms with Gasteiger partial charge in [-0.2, -0.15) is 0 Å². The zero-order chi connectivity index (χ0) is 15.5. The standard InChI is InChI=1S/C15H10BrN3O3/c1-21-15(20)10-4-2-3-9(7-10)13-18-19-14(22-13)11-5-6-12(16)17-8-11/h2-8H,1H3. The van der Waals surface area contributed by atoms with Crippen LogP contribution in [0, 0.1) is 0 Å². The molecule has 7 heteroatoms. The number of methoxy groups -OCH3 is 1. The number of carbonyl (C=O) groups is 1. The monoisotopic (exact) mass is 359 g/mol. The van der Waals surface area contributed by atoms with E-state index in [2.05, 4.69) is 31.1 Å². The van der Waals surface area contributed by atoms with E-state index in [1.54, 1.807) is 36.5 Å². The third kappa shape index (κ3) is 2.89. The van der Waals surface area contributed by atoms with Gasteiger partial charge in [-0.25, -0.2) is 9.78 Å². The highest BCUT2D eigenvalue weighted by molar-refractivity contribution is 9.10. The van der Waals surface area contributed by atoms with Crippen LogP contribution in [0.4, 0.5) is 0 Å². The lowest BCUT2D eigenvalue weighted by Gasteiger charge is -2.00. The Balaban J connectivity index is 1.94. The van der Waals surface area contributed by atoms with Gasteiger partial charge < -0.3 is 9.15 Å². The van der Waals surface area contributed by atoms with Crippen molar-refractivity contribution in [3.8, 4) is 22.9 Å². The number of esters is 1. The van der Waals surface area contributed by atoms with Gasteiger partial charge >= 0.3 is 5.97 Å². The van der Waals surface area contributed by atoms with E-state index in [1.165, 1.54) is 7.11 Å². The SMILES string of the molecule is COC(=O)c1cccc(-c2nnc(-c3ccc(Br)nc3)o2)c1. The van der Waals surface area contributed by atoms with Gasteiger partial charge in [-0.05, 0) is 46.3 Å². The molecule has 0 bridgehead atoms. The first-order chi connectivity index (χ1) is 10.7. The Morgan fingerprint density at radius 3 is 2.59 bits per heavy atom. The fourth-order valence-corrected chi connectivity index (χ4v) is 2.09.